The van der Waals surface area contributed by atoms with Crippen LogP contribution in [-0.2, 0) is 5.75 Å². The third-order valence-electron chi connectivity index (χ3n) is 2.96. The van der Waals surface area contributed by atoms with Crippen molar-refractivity contribution in [1.29, 1.82) is 0 Å². The van der Waals surface area contributed by atoms with Gasteiger partial charge in [-0.15, -0.1) is 5.10 Å². The molecule has 0 radical (unpaired) electrons. The summed E-state index contributed by atoms with van der Waals surface area (Å²) in [7, 11) is 0. The second-order valence-electron chi connectivity index (χ2n) is 4.73. The fraction of sp³-hybridized carbons (Fsp3) is 0.176. The number of phenolic OH excluding ortho intramolecular Hbond substituents is 1. The van der Waals surface area contributed by atoms with Crippen molar-refractivity contribution >= 4 is 34.7 Å². The van der Waals surface area contributed by atoms with E-state index >= 15 is 0 Å². The predicted molar refractivity (Wildman–Crippen MR) is 101 cm³/mol. The third kappa shape index (κ3) is 5.47. The summed E-state index contributed by atoms with van der Waals surface area (Å²) in [5.41, 5.74) is 7.57. The minimum absolute atomic E-state index is 0.0135. The van der Waals surface area contributed by atoms with Gasteiger partial charge in [0.1, 0.15) is 0 Å². The Morgan fingerprint density at radius 2 is 2.08 bits per heavy atom. The Bertz CT molecular complexity index is 736. The molecule has 0 bridgehead atoms. The van der Waals surface area contributed by atoms with Gasteiger partial charge in [-0.25, -0.2) is 0 Å². The molecule has 3 N–H and O–H groups in total. The summed E-state index contributed by atoms with van der Waals surface area (Å²) in [6, 6.07) is 13.0. The Balaban J connectivity index is 2.00. The smallest absolute Gasteiger partial charge is 0.180 e. The number of hydrogen-bond donors (Lipinski definition) is 2. The van der Waals surface area contributed by atoms with Crippen molar-refractivity contribution in [2.45, 2.75) is 12.7 Å². The molecule has 0 saturated carbocycles. The number of amidine groups is 1. The first-order valence-electron chi connectivity index (χ1n) is 7.28. The summed E-state index contributed by atoms with van der Waals surface area (Å²) in [4.78, 5) is 0. The summed E-state index contributed by atoms with van der Waals surface area (Å²) < 4.78 is 5.31. The maximum atomic E-state index is 9.73. The van der Waals surface area contributed by atoms with E-state index in [0.717, 1.165) is 11.3 Å². The van der Waals surface area contributed by atoms with E-state index in [-0.39, 0.29) is 5.75 Å². The molecule has 0 amide bonds. The predicted octanol–water partition coefficient (Wildman–Crippen LogP) is 4.03. The highest BCUT2D eigenvalue weighted by atomic mass is 35.5. The fourth-order valence-electron chi connectivity index (χ4n) is 1.84. The molecule has 2 aromatic carbocycles. The van der Waals surface area contributed by atoms with Crippen LogP contribution in [0.1, 0.15) is 18.1 Å². The van der Waals surface area contributed by atoms with Crippen molar-refractivity contribution in [2.24, 2.45) is 15.9 Å². The maximum Gasteiger partial charge on any atom is 0.180 e. The van der Waals surface area contributed by atoms with Gasteiger partial charge in [-0.05, 0) is 18.6 Å². The second-order valence-corrected chi connectivity index (χ2v) is 6.13. The highest BCUT2D eigenvalue weighted by molar-refractivity contribution is 8.13. The molecule has 0 atom stereocenters. The Labute approximate surface area is 150 Å². The summed E-state index contributed by atoms with van der Waals surface area (Å²) in [5.74, 6) is 1.05. The lowest BCUT2D eigenvalue weighted by Crippen LogP contribution is -2.06. The number of thioether (sulfide) groups is 1. The molecule has 7 heteroatoms. The third-order valence-corrected chi connectivity index (χ3v) is 4.14. The van der Waals surface area contributed by atoms with Crippen LogP contribution in [0.25, 0.3) is 0 Å². The van der Waals surface area contributed by atoms with Crippen molar-refractivity contribution in [3.05, 3.63) is 58.6 Å². The van der Waals surface area contributed by atoms with Gasteiger partial charge in [-0.3, -0.25) is 0 Å². The minimum Gasteiger partial charge on any atom is -0.504 e. The second kappa shape index (κ2) is 9.20. The number of nitrogens with two attached hydrogens (primary N) is 1. The standard InChI is InChI=1S/C17H18ClN3O2S/c1-2-23-16-8-13(14(18)9-15(16)22)10-20-21-17(19)24-11-12-6-4-3-5-7-12/h3-10,22H,2,11H2,1H3,(H2,19,21). The maximum absolute atomic E-state index is 9.73. The number of aromatic hydroxyl groups is 1. The molecule has 0 unspecified atom stereocenters. The minimum atomic E-state index is -0.0135. The normalized spacial score (nSPS) is 11.8. The number of hydrogen-bond acceptors (Lipinski definition) is 5. The van der Waals surface area contributed by atoms with Crippen LogP contribution in [0.15, 0.2) is 52.7 Å². The van der Waals surface area contributed by atoms with E-state index in [1.165, 1.54) is 24.0 Å². The molecule has 24 heavy (non-hydrogen) atoms. The molecule has 0 aromatic heterocycles. The highest BCUT2D eigenvalue weighted by Crippen LogP contribution is 2.31. The number of ether oxygens (including phenoxy) is 1. The Kier molecular flexibility index (Phi) is 6.96. The van der Waals surface area contributed by atoms with Gasteiger partial charge >= 0.3 is 0 Å². The number of rotatable bonds is 6. The molecule has 0 aliphatic carbocycles. The number of phenols is 1. The SMILES string of the molecule is CCOc1cc(C=NN=C(N)SCc2ccccc2)c(Cl)cc1O. The molecule has 2 rings (SSSR count). The average molecular weight is 364 g/mol. The zero-order valence-corrected chi connectivity index (χ0v) is 14.7. The lowest BCUT2D eigenvalue weighted by Gasteiger charge is -2.07. The van der Waals surface area contributed by atoms with Gasteiger partial charge in [-0.1, -0.05) is 53.7 Å². The molecule has 0 aliphatic heterocycles. The summed E-state index contributed by atoms with van der Waals surface area (Å²) in [5, 5.41) is 18.3. The van der Waals surface area contributed by atoms with E-state index in [9.17, 15) is 5.11 Å². The number of halogens is 1. The molecule has 2 aromatic rings. The van der Waals surface area contributed by atoms with Gasteiger partial charge in [0.05, 0.1) is 17.8 Å². The quantitative estimate of drug-likeness (QED) is 0.461. The van der Waals surface area contributed by atoms with Gasteiger partial charge < -0.3 is 15.6 Å². The van der Waals surface area contributed by atoms with Gasteiger partial charge in [0.15, 0.2) is 16.7 Å². The first kappa shape index (κ1) is 18.2. The van der Waals surface area contributed by atoms with E-state index in [1.54, 1.807) is 6.07 Å². The molecule has 0 saturated heterocycles. The van der Waals surface area contributed by atoms with Crippen molar-refractivity contribution < 1.29 is 9.84 Å². The van der Waals surface area contributed by atoms with Crippen molar-refractivity contribution in [1.82, 2.24) is 0 Å². The van der Waals surface area contributed by atoms with Gasteiger partial charge in [0, 0.05) is 17.4 Å². The van der Waals surface area contributed by atoms with Crippen LogP contribution in [0.2, 0.25) is 5.02 Å². The van der Waals surface area contributed by atoms with Crippen LogP contribution in [0.4, 0.5) is 0 Å². The van der Waals surface area contributed by atoms with E-state index in [1.807, 2.05) is 37.3 Å². The topological polar surface area (TPSA) is 80.2 Å². The summed E-state index contributed by atoms with van der Waals surface area (Å²) in [6.07, 6.45) is 1.47. The molecular weight excluding hydrogens is 346 g/mol. The average Bonchev–Trinajstić information content (AvgIpc) is 2.58. The zero-order valence-electron chi connectivity index (χ0n) is 13.1. The first-order chi connectivity index (χ1) is 11.6. The molecule has 0 aliphatic rings. The Morgan fingerprint density at radius 3 is 2.79 bits per heavy atom. The van der Waals surface area contributed by atoms with Crippen LogP contribution in [0, 0.1) is 0 Å². The van der Waals surface area contributed by atoms with E-state index in [0.29, 0.717) is 28.1 Å². The lowest BCUT2D eigenvalue weighted by atomic mass is 10.2. The van der Waals surface area contributed by atoms with Gasteiger partial charge in [0.2, 0.25) is 0 Å². The largest absolute Gasteiger partial charge is 0.504 e. The van der Waals surface area contributed by atoms with Crippen LogP contribution in [0.3, 0.4) is 0 Å². The Hall–Kier alpha value is -2.18. The van der Waals surface area contributed by atoms with Crippen molar-refractivity contribution in [3.8, 4) is 11.5 Å². The molecule has 5 nitrogen and oxygen atoms in total. The monoisotopic (exact) mass is 363 g/mol. The van der Waals surface area contributed by atoms with Crippen molar-refractivity contribution in [3.63, 3.8) is 0 Å². The van der Waals surface area contributed by atoms with Crippen molar-refractivity contribution in [2.75, 3.05) is 6.61 Å². The summed E-state index contributed by atoms with van der Waals surface area (Å²) in [6.45, 7) is 2.27. The number of benzene rings is 2. The van der Waals surface area contributed by atoms with Crippen LogP contribution >= 0.6 is 23.4 Å². The van der Waals surface area contributed by atoms with Gasteiger partial charge in [-0.2, -0.15) is 5.10 Å². The summed E-state index contributed by atoms with van der Waals surface area (Å²) >= 11 is 7.47. The number of nitrogens with zero attached hydrogens (tertiary/aromatic N) is 2. The fourth-order valence-corrected chi connectivity index (χ4v) is 2.66. The Morgan fingerprint density at radius 1 is 1.33 bits per heavy atom. The highest BCUT2D eigenvalue weighted by Gasteiger charge is 2.07. The molecule has 0 spiro atoms. The van der Waals surface area contributed by atoms with E-state index in [4.69, 9.17) is 22.1 Å². The van der Waals surface area contributed by atoms with E-state index < -0.39 is 0 Å². The van der Waals surface area contributed by atoms with Gasteiger partial charge in [0.25, 0.3) is 0 Å². The molecular formula is C17H18ClN3O2S. The molecule has 0 heterocycles. The van der Waals surface area contributed by atoms with Crippen LogP contribution in [0.5, 0.6) is 11.5 Å². The van der Waals surface area contributed by atoms with Crippen LogP contribution in [-0.4, -0.2) is 23.1 Å². The van der Waals surface area contributed by atoms with E-state index in [2.05, 4.69) is 10.2 Å². The van der Waals surface area contributed by atoms with Crippen LogP contribution < -0.4 is 10.5 Å². The zero-order chi connectivity index (χ0) is 17.4. The molecule has 126 valence electrons. The lowest BCUT2D eigenvalue weighted by molar-refractivity contribution is 0.318. The first-order valence-corrected chi connectivity index (χ1v) is 8.65. The molecule has 0 fully saturated rings.